The van der Waals surface area contributed by atoms with Crippen LogP contribution in [0.3, 0.4) is 0 Å². The van der Waals surface area contributed by atoms with Crippen LogP contribution in [-0.2, 0) is 13.1 Å². The summed E-state index contributed by atoms with van der Waals surface area (Å²) in [7, 11) is 0. The minimum absolute atomic E-state index is 0.0156. The first-order valence-electron chi connectivity index (χ1n) is 7.09. The highest BCUT2D eigenvalue weighted by atomic mass is 32.1. The molecule has 0 unspecified atom stereocenters. The zero-order valence-electron chi connectivity index (χ0n) is 12.3. The zero-order chi connectivity index (χ0) is 15.4. The Morgan fingerprint density at radius 1 is 1.27 bits per heavy atom. The first-order valence-corrected chi connectivity index (χ1v) is 7.90. The molecule has 5 heteroatoms. The summed E-state index contributed by atoms with van der Waals surface area (Å²) in [5.41, 5.74) is 2.29. The standard InChI is InChI=1S/C17H17N3OS/c1-13-5-6-16(22-13)17(21)19-10-14-3-2-4-15(9-14)11-20-8-7-18-12-20/h2-9,12H,10-11H2,1H3,(H,19,21). The Labute approximate surface area is 133 Å². The molecule has 3 rings (SSSR count). The Hall–Kier alpha value is -2.40. The molecule has 0 radical (unpaired) electrons. The molecule has 2 aromatic heterocycles. The maximum atomic E-state index is 12.1. The first kappa shape index (κ1) is 14.5. The summed E-state index contributed by atoms with van der Waals surface area (Å²) in [6, 6.07) is 12.1. The Morgan fingerprint density at radius 3 is 2.86 bits per heavy atom. The minimum atomic E-state index is -0.0156. The molecule has 4 nitrogen and oxygen atoms in total. The largest absolute Gasteiger partial charge is 0.347 e. The predicted molar refractivity (Wildman–Crippen MR) is 88.0 cm³/mol. The van der Waals surface area contributed by atoms with Gasteiger partial charge in [-0.25, -0.2) is 4.98 Å². The van der Waals surface area contributed by atoms with Gasteiger partial charge in [0.05, 0.1) is 11.2 Å². The van der Waals surface area contributed by atoms with Crippen molar-refractivity contribution in [3.8, 4) is 0 Å². The molecule has 0 saturated heterocycles. The van der Waals surface area contributed by atoms with Crippen molar-refractivity contribution in [1.82, 2.24) is 14.9 Å². The highest BCUT2D eigenvalue weighted by Gasteiger charge is 2.07. The second kappa shape index (κ2) is 6.58. The van der Waals surface area contributed by atoms with E-state index in [1.54, 1.807) is 12.5 Å². The van der Waals surface area contributed by atoms with Gasteiger partial charge in [0.15, 0.2) is 0 Å². The van der Waals surface area contributed by atoms with Crippen molar-refractivity contribution in [1.29, 1.82) is 0 Å². The van der Waals surface area contributed by atoms with E-state index in [2.05, 4.69) is 22.4 Å². The molecular weight excluding hydrogens is 294 g/mol. The van der Waals surface area contributed by atoms with Crippen LogP contribution in [0.1, 0.15) is 25.7 Å². The third-order valence-electron chi connectivity index (χ3n) is 3.33. The van der Waals surface area contributed by atoms with Crippen LogP contribution in [-0.4, -0.2) is 15.5 Å². The average molecular weight is 311 g/mol. The number of hydrogen-bond acceptors (Lipinski definition) is 3. The first-order chi connectivity index (χ1) is 10.7. The highest BCUT2D eigenvalue weighted by Crippen LogP contribution is 2.15. The Morgan fingerprint density at radius 2 is 2.14 bits per heavy atom. The molecule has 2 heterocycles. The number of carbonyl (C=O) groups is 1. The summed E-state index contributed by atoms with van der Waals surface area (Å²) in [5.74, 6) is -0.0156. The summed E-state index contributed by atoms with van der Waals surface area (Å²) >= 11 is 1.51. The molecule has 0 bridgehead atoms. The van der Waals surface area contributed by atoms with E-state index < -0.39 is 0 Å². The molecule has 0 fully saturated rings. The molecule has 0 spiro atoms. The minimum Gasteiger partial charge on any atom is -0.347 e. The van der Waals surface area contributed by atoms with Gasteiger partial charge in [0.2, 0.25) is 0 Å². The van der Waals surface area contributed by atoms with E-state index in [1.807, 2.05) is 42.0 Å². The second-order valence-corrected chi connectivity index (χ2v) is 6.44. The number of hydrogen-bond donors (Lipinski definition) is 1. The second-order valence-electron chi connectivity index (χ2n) is 5.15. The normalized spacial score (nSPS) is 10.6. The van der Waals surface area contributed by atoms with Crippen molar-refractivity contribution in [2.75, 3.05) is 0 Å². The molecule has 0 atom stereocenters. The van der Waals surface area contributed by atoms with E-state index in [9.17, 15) is 4.79 Å². The van der Waals surface area contributed by atoms with Gasteiger partial charge in [-0.15, -0.1) is 11.3 Å². The Kier molecular flexibility index (Phi) is 4.34. The van der Waals surface area contributed by atoms with Crippen molar-refractivity contribution >= 4 is 17.2 Å². The lowest BCUT2D eigenvalue weighted by Crippen LogP contribution is -2.21. The fraction of sp³-hybridized carbons (Fsp3) is 0.176. The Balaban J connectivity index is 1.62. The maximum Gasteiger partial charge on any atom is 0.261 e. The van der Waals surface area contributed by atoms with Crippen molar-refractivity contribution in [2.45, 2.75) is 20.0 Å². The molecular formula is C17H17N3OS. The SMILES string of the molecule is Cc1ccc(C(=O)NCc2cccc(Cn3ccnc3)c2)s1. The third kappa shape index (κ3) is 3.62. The third-order valence-corrected chi connectivity index (χ3v) is 4.33. The molecule has 112 valence electrons. The van der Waals surface area contributed by atoms with E-state index in [0.29, 0.717) is 6.54 Å². The number of carbonyl (C=O) groups excluding carboxylic acids is 1. The molecule has 0 saturated carbocycles. The van der Waals surface area contributed by atoms with Crippen molar-refractivity contribution in [3.63, 3.8) is 0 Å². The van der Waals surface area contributed by atoms with E-state index in [0.717, 1.165) is 21.9 Å². The van der Waals surface area contributed by atoms with Gasteiger partial charge in [0.25, 0.3) is 5.91 Å². The summed E-state index contributed by atoms with van der Waals surface area (Å²) in [6.07, 6.45) is 5.51. The fourth-order valence-electron chi connectivity index (χ4n) is 2.26. The fourth-order valence-corrected chi connectivity index (χ4v) is 3.04. The van der Waals surface area contributed by atoms with Gasteiger partial charge in [-0.3, -0.25) is 4.79 Å². The maximum absolute atomic E-state index is 12.1. The number of aromatic nitrogens is 2. The van der Waals surface area contributed by atoms with Gasteiger partial charge < -0.3 is 9.88 Å². The van der Waals surface area contributed by atoms with Crippen LogP contribution in [0.2, 0.25) is 0 Å². The molecule has 1 aromatic carbocycles. The lowest BCUT2D eigenvalue weighted by Gasteiger charge is -2.07. The number of amides is 1. The molecule has 0 aliphatic rings. The van der Waals surface area contributed by atoms with E-state index in [-0.39, 0.29) is 5.91 Å². The topological polar surface area (TPSA) is 46.9 Å². The Bertz CT molecular complexity index is 762. The monoisotopic (exact) mass is 311 g/mol. The van der Waals surface area contributed by atoms with Crippen LogP contribution >= 0.6 is 11.3 Å². The lowest BCUT2D eigenvalue weighted by atomic mass is 10.1. The molecule has 1 N–H and O–H groups in total. The summed E-state index contributed by atoms with van der Waals surface area (Å²) < 4.78 is 2.02. The van der Waals surface area contributed by atoms with Crippen LogP contribution in [0.5, 0.6) is 0 Å². The van der Waals surface area contributed by atoms with Crippen LogP contribution in [0, 0.1) is 6.92 Å². The van der Waals surface area contributed by atoms with Crippen molar-refractivity contribution < 1.29 is 4.79 Å². The molecule has 1 amide bonds. The van der Waals surface area contributed by atoms with E-state index in [1.165, 1.54) is 16.9 Å². The molecule has 22 heavy (non-hydrogen) atoms. The van der Waals surface area contributed by atoms with E-state index in [4.69, 9.17) is 0 Å². The number of imidazole rings is 1. The highest BCUT2D eigenvalue weighted by molar-refractivity contribution is 7.13. The lowest BCUT2D eigenvalue weighted by molar-refractivity contribution is 0.0955. The predicted octanol–water partition coefficient (Wildman–Crippen LogP) is 3.23. The van der Waals surface area contributed by atoms with Crippen LogP contribution in [0.15, 0.2) is 55.1 Å². The van der Waals surface area contributed by atoms with Gasteiger partial charge in [-0.2, -0.15) is 0 Å². The van der Waals surface area contributed by atoms with Gasteiger partial charge in [-0.05, 0) is 30.2 Å². The number of thiophene rings is 1. The number of nitrogens with one attached hydrogen (secondary N) is 1. The number of nitrogens with zero attached hydrogens (tertiary/aromatic N) is 2. The van der Waals surface area contributed by atoms with Crippen LogP contribution in [0.25, 0.3) is 0 Å². The smallest absolute Gasteiger partial charge is 0.261 e. The molecule has 3 aromatic rings. The van der Waals surface area contributed by atoms with Crippen molar-refractivity contribution in [3.05, 3.63) is 76.0 Å². The summed E-state index contributed by atoms with van der Waals surface area (Å²) in [4.78, 5) is 18.0. The van der Waals surface area contributed by atoms with Gasteiger partial charge >= 0.3 is 0 Å². The van der Waals surface area contributed by atoms with Gasteiger partial charge in [-0.1, -0.05) is 24.3 Å². The number of rotatable bonds is 5. The average Bonchev–Trinajstić information content (AvgIpc) is 3.17. The number of benzene rings is 1. The van der Waals surface area contributed by atoms with Gasteiger partial charge in [0, 0.05) is 30.4 Å². The van der Waals surface area contributed by atoms with Crippen LogP contribution < -0.4 is 5.32 Å². The van der Waals surface area contributed by atoms with Crippen LogP contribution in [0.4, 0.5) is 0 Å². The quantitative estimate of drug-likeness (QED) is 0.786. The van der Waals surface area contributed by atoms with Gasteiger partial charge in [0.1, 0.15) is 0 Å². The molecule has 0 aliphatic heterocycles. The van der Waals surface area contributed by atoms with Crippen molar-refractivity contribution in [2.24, 2.45) is 0 Å². The van der Waals surface area contributed by atoms with E-state index >= 15 is 0 Å². The summed E-state index contributed by atoms with van der Waals surface area (Å²) in [5, 5.41) is 2.97. The summed E-state index contributed by atoms with van der Waals surface area (Å²) in [6.45, 7) is 3.32. The number of aryl methyl sites for hydroxylation is 1. The zero-order valence-corrected chi connectivity index (χ0v) is 13.1. The molecule has 0 aliphatic carbocycles.